The van der Waals surface area contributed by atoms with Crippen LogP contribution in [0.1, 0.15) is 20.3 Å². The van der Waals surface area contributed by atoms with Crippen LogP contribution in [0.3, 0.4) is 0 Å². The number of thioether (sulfide) groups is 1. The van der Waals surface area contributed by atoms with Gasteiger partial charge in [0, 0.05) is 18.2 Å². The Bertz CT molecular complexity index is 277. The summed E-state index contributed by atoms with van der Waals surface area (Å²) in [7, 11) is 0. The van der Waals surface area contributed by atoms with Crippen molar-refractivity contribution in [1.29, 1.82) is 0 Å². The Hall–Kier alpha value is -0.510. The summed E-state index contributed by atoms with van der Waals surface area (Å²) >= 11 is 1.38. The van der Waals surface area contributed by atoms with Crippen LogP contribution in [-0.4, -0.2) is 29.4 Å². The average molecular weight is 199 g/mol. The van der Waals surface area contributed by atoms with E-state index in [1.807, 2.05) is 13.8 Å². The summed E-state index contributed by atoms with van der Waals surface area (Å²) in [5.41, 5.74) is -0.439. The van der Waals surface area contributed by atoms with Crippen molar-refractivity contribution in [3.8, 4) is 0 Å². The molecule has 0 aromatic heterocycles. The monoisotopic (exact) mass is 199 g/mol. The van der Waals surface area contributed by atoms with Gasteiger partial charge < -0.3 is 4.74 Å². The predicted molar refractivity (Wildman–Crippen MR) is 53.0 cm³/mol. The molecule has 1 saturated heterocycles. The summed E-state index contributed by atoms with van der Waals surface area (Å²) in [4.78, 5) is 15.7. The van der Waals surface area contributed by atoms with Gasteiger partial charge in [-0.2, -0.15) is 0 Å². The maximum absolute atomic E-state index is 11.5. The van der Waals surface area contributed by atoms with Crippen molar-refractivity contribution in [3.05, 3.63) is 0 Å². The Labute approximate surface area is 81.9 Å². The second-order valence-corrected chi connectivity index (χ2v) is 4.95. The van der Waals surface area contributed by atoms with Gasteiger partial charge in [-0.05, 0) is 6.92 Å². The van der Waals surface area contributed by atoms with E-state index in [1.54, 1.807) is 0 Å². The number of nitrogens with zero attached hydrogens (tertiary/aromatic N) is 1. The first-order valence-corrected chi connectivity index (χ1v) is 5.42. The predicted octanol–water partition coefficient (Wildman–Crippen LogP) is 1.47. The lowest BCUT2D eigenvalue weighted by Gasteiger charge is -2.42. The van der Waals surface area contributed by atoms with Crippen LogP contribution in [-0.2, 0) is 9.53 Å². The van der Waals surface area contributed by atoms with Crippen molar-refractivity contribution in [1.82, 2.24) is 0 Å². The van der Waals surface area contributed by atoms with Crippen LogP contribution < -0.4 is 0 Å². The molecule has 2 rings (SSSR count). The molecule has 13 heavy (non-hydrogen) atoms. The van der Waals surface area contributed by atoms with Crippen molar-refractivity contribution in [2.24, 2.45) is 10.4 Å². The van der Waals surface area contributed by atoms with Crippen LogP contribution >= 0.6 is 11.8 Å². The van der Waals surface area contributed by atoms with E-state index < -0.39 is 5.41 Å². The fourth-order valence-electron chi connectivity index (χ4n) is 1.54. The van der Waals surface area contributed by atoms with Gasteiger partial charge in [-0.3, -0.25) is 9.79 Å². The van der Waals surface area contributed by atoms with Gasteiger partial charge in [0.2, 0.25) is 5.12 Å². The van der Waals surface area contributed by atoms with Gasteiger partial charge in [0.05, 0.1) is 6.61 Å². The number of carbonyl (C=O) groups excluding carboxylic acids is 1. The van der Waals surface area contributed by atoms with Crippen LogP contribution in [0, 0.1) is 5.41 Å². The average Bonchev–Trinajstić information content (AvgIpc) is 2.18. The van der Waals surface area contributed by atoms with Crippen molar-refractivity contribution >= 4 is 22.8 Å². The molecular formula is C9H13NO2S. The topological polar surface area (TPSA) is 38.7 Å². The zero-order chi connectivity index (χ0) is 9.47. The van der Waals surface area contributed by atoms with E-state index in [2.05, 4.69) is 4.99 Å². The summed E-state index contributed by atoms with van der Waals surface area (Å²) in [6.45, 7) is 5.49. The van der Waals surface area contributed by atoms with Crippen LogP contribution in [0.15, 0.2) is 4.99 Å². The maximum atomic E-state index is 11.5. The van der Waals surface area contributed by atoms with Crippen molar-refractivity contribution in [2.75, 3.05) is 13.2 Å². The largest absolute Gasteiger partial charge is 0.480 e. The highest BCUT2D eigenvalue weighted by Gasteiger charge is 2.55. The molecule has 0 radical (unpaired) electrons. The molecule has 0 N–H and O–H groups in total. The highest BCUT2D eigenvalue weighted by Crippen LogP contribution is 2.48. The van der Waals surface area contributed by atoms with Gasteiger partial charge in [0.25, 0.3) is 0 Å². The van der Waals surface area contributed by atoms with Crippen LogP contribution in [0.25, 0.3) is 0 Å². The molecule has 3 nitrogen and oxygen atoms in total. The van der Waals surface area contributed by atoms with E-state index >= 15 is 0 Å². The molecule has 2 heterocycles. The summed E-state index contributed by atoms with van der Waals surface area (Å²) < 4.78 is 5.44. The van der Waals surface area contributed by atoms with Gasteiger partial charge in [-0.25, -0.2) is 0 Å². The summed E-state index contributed by atoms with van der Waals surface area (Å²) in [6.07, 6.45) is 0.968. The van der Waals surface area contributed by atoms with Gasteiger partial charge in [0.15, 0.2) is 5.90 Å². The summed E-state index contributed by atoms with van der Waals surface area (Å²) in [6, 6.07) is 0. The highest BCUT2D eigenvalue weighted by atomic mass is 32.2. The first-order chi connectivity index (χ1) is 6.15. The number of hydrogen-bond donors (Lipinski definition) is 0. The Balaban J connectivity index is 2.22. The normalized spacial score (nSPS) is 39.1. The van der Waals surface area contributed by atoms with Crippen LogP contribution in [0.4, 0.5) is 0 Å². The lowest BCUT2D eigenvalue weighted by atomic mass is 9.86. The van der Waals surface area contributed by atoms with E-state index in [0.717, 1.165) is 13.0 Å². The molecule has 0 unspecified atom stereocenters. The Morgan fingerprint density at radius 1 is 1.69 bits per heavy atom. The Kier molecular flexibility index (Phi) is 2.10. The fraction of sp³-hybridized carbons (Fsp3) is 0.778. The molecule has 0 aliphatic carbocycles. The standard InChI is InChI=1S/C9H13NO2S/c1-6-9(2,8(11)13-6)7-10-4-3-5-12-7/h6H,3-5H2,1-2H3/t6-,9-/m0/s1. The first kappa shape index (κ1) is 9.06. The third-order valence-corrected chi connectivity index (χ3v) is 4.22. The third-order valence-electron chi connectivity index (χ3n) is 2.76. The number of hydrogen-bond acceptors (Lipinski definition) is 4. The van der Waals surface area contributed by atoms with Crippen molar-refractivity contribution in [2.45, 2.75) is 25.5 Å². The molecule has 0 bridgehead atoms. The van der Waals surface area contributed by atoms with Crippen LogP contribution in [0.2, 0.25) is 0 Å². The van der Waals surface area contributed by atoms with E-state index in [4.69, 9.17) is 4.74 Å². The second kappa shape index (κ2) is 3.01. The van der Waals surface area contributed by atoms with Crippen molar-refractivity contribution in [3.63, 3.8) is 0 Å². The Morgan fingerprint density at radius 2 is 2.46 bits per heavy atom. The number of carbonyl (C=O) groups is 1. The van der Waals surface area contributed by atoms with E-state index in [-0.39, 0.29) is 5.12 Å². The highest BCUT2D eigenvalue weighted by molar-refractivity contribution is 8.16. The molecule has 0 spiro atoms. The van der Waals surface area contributed by atoms with Crippen molar-refractivity contribution < 1.29 is 9.53 Å². The molecule has 0 saturated carbocycles. The third kappa shape index (κ3) is 1.19. The number of ether oxygens (including phenoxy) is 1. The maximum Gasteiger partial charge on any atom is 0.205 e. The van der Waals surface area contributed by atoms with E-state index in [9.17, 15) is 4.79 Å². The molecule has 2 atom stereocenters. The molecule has 72 valence electrons. The summed E-state index contributed by atoms with van der Waals surface area (Å²) in [5, 5.41) is 0.498. The zero-order valence-corrected chi connectivity index (χ0v) is 8.69. The SMILES string of the molecule is C[C@@H]1SC(=O)[C@]1(C)C1=NCCCO1. The first-order valence-electron chi connectivity index (χ1n) is 4.54. The number of rotatable bonds is 1. The molecule has 2 aliphatic heterocycles. The van der Waals surface area contributed by atoms with E-state index in [1.165, 1.54) is 11.8 Å². The number of aliphatic imine (C=N–C) groups is 1. The second-order valence-electron chi connectivity index (χ2n) is 3.64. The lowest BCUT2D eigenvalue weighted by molar-refractivity contribution is -0.118. The quantitative estimate of drug-likeness (QED) is 0.642. The van der Waals surface area contributed by atoms with Gasteiger partial charge in [-0.1, -0.05) is 18.7 Å². The fourth-order valence-corrected chi connectivity index (χ4v) is 2.63. The van der Waals surface area contributed by atoms with E-state index in [0.29, 0.717) is 17.8 Å². The molecular weight excluding hydrogens is 186 g/mol. The Morgan fingerprint density at radius 3 is 2.92 bits per heavy atom. The molecule has 0 amide bonds. The summed E-state index contributed by atoms with van der Waals surface area (Å²) in [5.74, 6) is 0.662. The zero-order valence-electron chi connectivity index (χ0n) is 7.87. The van der Waals surface area contributed by atoms with Gasteiger partial charge in [-0.15, -0.1) is 0 Å². The molecule has 0 aromatic rings. The minimum absolute atomic E-state index is 0.195. The lowest BCUT2D eigenvalue weighted by Crippen LogP contribution is -2.53. The molecule has 4 heteroatoms. The smallest absolute Gasteiger partial charge is 0.205 e. The van der Waals surface area contributed by atoms with Crippen LogP contribution in [0.5, 0.6) is 0 Å². The minimum Gasteiger partial charge on any atom is -0.480 e. The molecule has 1 fully saturated rings. The van der Waals surface area contributed by atoms with Gasteiger partial charge in [0.1, 0.15) is 5.41 Å². The molecule has 0 aromatic carbocycles. The minimum atomic E-state index is -0.439. The molecule has 2 aliphatic rings. The van der Waals surface area contributed by atoms with Gasteiger partial charge >= 0.3 is 0 Å².